The Kier molecular flexibility index (Phi) is 4.36. The van der Waals surface area contributed by atoms with Crippen molar-refractivity contribution >= 4 is 28.6 Å². The lowest BCUT2D eigenvalue weighted by Crippen LogP contribution is -2.39. The number of anilines is 1. The van der Waals surface area contributed by atoms with Gasteiger partial charge in [0.1, 0.15) is 5.82 Å². The summed E-state index contributed by atoms with van der Waals surface area (Å²) in [5.41, 5.74) is 2.23. The number of para-hydroxylation sites is 2. The van der Waals surface area contributed by atoms with Crippen molar-refractivity contribution < 1.29 is 9.50 Å². The number of imidazole rings is 1. The summed E-state index contributed by atoms with van der Waals surface area (Å²) in [6.45, 7) is 1.66. The summed E-state index contributed by atoms with van der Waals surface area (Å²) in [4.78, 5) is 6.81. The zero-order chi connectivity index (χ0) is 17.4. The first kappa shape index (κ1) is 16.4. The van der Waals surface area contributed by atoms with Crippen molar-refractivity contribution in [1.29, 1.82) is 0 Å². The van der Waals surface area contributed by atoms with Crippen LogP contribution in [0.2, 0.25) is 5.02 Å². The number of rotatable bonds is 3. The van der Waals surface area contributed by atoms with Crippen LogP contribution in [0.25, 0.3) is 11.0 Å². The molecule has 0 radical (unpaired) electrons. The van der Waals surface area contributed by atoms with Crippen LogP contribution in [-0.2, 0) is 6.54 Å². The van der Waals surface area contributed by atoms with Gasteiger partial charge in [-0.3, -0.25) is 0 Å². The summed E-state index contributed by atoms with van der Waals surface area (Å²) in [7, 11) is 0. The van der Waals surface area contributed by atoms with Crippen molar-refractivity contribution in [3.63, 3.8) is 0 Å². The van der Waals surface area contributed by atoms with Gasteiger partial charge in [-0.1, -0.05) is 29.8 Å². The minimum atomic E-state index is -0.362. The van der Waals surface area contributed by atoms with E-state index in [0.29, 0.717) is 23.7 Å². The van der Waals surface area contributed by atoms with Gasteiger partial charge in [0.25, 0.3) is 0 Å². The summed E-state index contributed by atoms with van der Waals surface area (Å²) in [5, 5.41) is 10.4. The van der Waals surface area contributed by atoms with Crippen molar-refractivity contribution in [3.05, 3.63) is 58.9 Å². The molecule has 3 aromatic rings. The first-order valence-corrected chi connectivity index (χ1v) is 8.82. The molecule has 1 fully saturated rings. The highest BCUT2D eigenvalue weighted by Gasteiger charge is 2.24. The van der Waals surface area contributed by atoms with Crippen LogP contribution >= 0.6 is 11.6 Å². The number of β-amino-alcohol motifs (C(OH)–C–C–N with tert-alkyl or cyclic N) is 1. The van der Waals surface area contributed by atoms with Crippen LogP contribution < -0.4 is 4.90 Å². The van der Waals surface area contributed by atoms with E-state index in [1.165, 1.54) is 6.07 Å². The van der Waals surface area contributed by atoms with Gasteiger partial charge in [-0.25, -0.2) is 9.37 Å². The predicted octanol–water partition coefficient (Wildman–Crippen LogP) is 3.84. The number of fused-ring (bicyclic) bond motifs is 1. The molecule has 2 heterocycles. The molecule has 6 heteroatoms. The van der Waals surface area contributed by atoms with Gasteiger partial charge in [0, 0.05) is 23.7 Å². The number of hydrogen-bond acceptors (Lipinski definition) is 3. The quantitative estimate of drug-likeness (QED) is 0.772. The molecule has 1 atom stereocenters. The van der Waals surface area contributed by atoms with Crippen LogP contribution in [-0.4, -0.2) is 33.9 Å². The maximum Gasteiger partial charge on any atom is 0.206 e. The summed E-state index contributed by atoms with van der Waals surface area (Å²) in [5.74, 6) is 0.425. The van der Waals surface area contributed by atoms with Crippen molar-refractivity contribution in [3.8, 4) is 0 Å². The van der Waals surface area contributed by atoms with Crippen LogP contribution in [0.15, 0.2) is 42.5 Å². The number of hydrogen-bond donors (Lipinski definition) is 1. The van der Waals surface area contributed by atoms with Crippen LogP contribution in [0.4, 0.5) is 10.3 Å². The molecule has 0 amide bonds. The van der Waals surface area contributed by atoms with Crippen LogP contribution in [0.5, 0.6) is 0 Å². The van der Waals surface area contributed by atoms with Gasteiger partial charge in [-0.2, -0.15) is 0 Å². The standard InChI is InChI=1S/C19H19ClFN3O/c20-15-6-3-7-16(21)14(15)12-24-18-9-2-1-8-17(18)22-19(24)23-10-4-5-13(25)11-23/h1-3,6-9,13,25H,4-5,10-12H2/t13-/m0/s1. The molecule has 4 nitrogen and oxygen atoms in total. The van der Waals surface area contributed by atoms with Gasteiger partial charge in [0.15, 0.2) is 0 Å². The van der Waals surface area contributed by atoms with E-state index < -0.39 is 0 Å². The Labute approximate surface area is 150 Å². The number of aliphatic hydroxyl groups is 1. The maximum atomic E-state index is 14.3. The highest BCUT2D eigenvalue weighted by Crippen LogP contribution is 2.29. The lowest BCUT2D eigenvalue weighted by atomic mass is 10.1. The monoisotopic (exact) mass is 359 g/mol. The lowest BCUT2D eigenvalue weighted by Gasteiger charge is -2.31. The second-order valence-corrected chi connectivity index (χ2v) is 6.84. The number of halogens is 2. The Hall–Kier alpha value is -2.11. The summed E-state index contributed by atoms with van der Waals surface area (Å²) < 4.78 is 16.3. The molecule has 1 aliphatic heterocycles. The molecule has 1 aliphatic rings. The molecule has 2 aromatic carbocycles. The average Bonchev–Trinajstić information content (AvgIpc) is 2.97. The first-order chi connectivity index (χ1) is 12.1. The van der Waals surface area contributed by atoms with E-state index in [-0.39, 0.29) is 11.9 Å². The lowest BCUT2D eigenvalue weighted by molar-refractivity contribution is 0.153. The Balaban J connectivity index is 1.82. The maximum absolute atomic E-state index is 14.3. The topological polar surface area (TPSA) is 41.3 Å². The van der Waals surface area contributed by atoms with Gasteiger partial charge in [-0.15, -0.1) is 0 Å². The summed E-state index contributed by atoms with van der Waals surface area (Å²) >= 11 is 6.23. The van der Waals surface area contributed by atoms with Crippen LogP contribution in [0.3, 0.4) is 0 Å². The van der Waals surface area contributed by atoms with Gasteiger partial charge in [0.05, 0.1) is 23.7 Å². The highest BCUT2D eigenvalue weighted by molar-refractivity contribution is 6.31. The zero-order valence-corrected chi connectivity index (χ0v) is 14.5. The number of nitrogens with zero attached hydrogens (tertiary/aromatic N) is 3. The number of piperidine rings is 1. The molecule has 25 heavy (non-hydrogen) atoms. The Morgan fingerprint density at radius 2 is 2.04 bits per heavy atom. The molecule has 0 aliphatic carbocycles. The molecule has 0 spiro atoms. The van der Waals surface area contributed by atoms with E-state index in [2.05, 4.69) is 4.90 Å². The molecule has 4 rings (SSSR count). The molecule has 0 saturated carbocycles. The van der Waals surface area contributed by atoms with Gasteiger partial charge < -0.3 is 14.6 Å². The molecule has 0 bridgehead atoms. The average molecular weight is 360 g/mol. The molecular formula is C19H19ClFN3O. The van der Waals surface area contributed by atoms with Gasteiger partial charge >= 0.3 is 0 Å². The smallest absolute Gasteiger partial charge is 0.206 e. The molecule has 1 N–H and O–H groups in total. The minimum absolute atomic E-state index is 0.300. The largest absolute Gasteiger partial charge is 0.391 e. The van der Waals surface area contributed by atoms with Gasteiger partial charge in [-0.05, 0) is 37.1 Å². The molecule has 1 saturated heterocycles. The van der Waals surface area contributed by atoms with Crippen molar-refractivity contribution in [1.82, 2.24) is 9.55 Å². The summed E-state index contributed by atoms with van der Waals surface area (Å²) in [6.07, 6.45) is 1.35. The fourth-order valence-electron chi connectivity index (χ4n) is 3.44. The van der Waals surface area contributed by atoms with Crippen molar-refractivity contribution in [2.24, 2.45) is 0 Å². The van der Waals surface area contributed by atoms with E-state index in [9.17, 15) is 9.50 Å². The Morgan fingerprint density at radius 1 is 1.20 bits per heavy atom. The normalized spacial score (nSPS) is 18.0. The zero-order valence-electron chi connectivity index (χ0n) is 13.7. The second kappa shape index (κ2) is 6.65. The molecule has 0 unspecified atom stereocenters. The number of benzene rings is 2. The van der Waals surface area contributed by atoms with E-state index in [1.54, 1.807) is 12.1 Å². The van der Waals surface area contributed by atoms with Crippen molar-refractivity contribution in [2.75, 3.05) is 18.0 Å². The third kappa shape index (κ3) is 3.10. The predicted molar refractivity (Wildman–Crippen MR) is 97.7 cm³/mol. The number of aromatic nitrogens is 2. The molecular weight excluding hydrogens is 341 g/mol. The van der Waals surface area contributed by atoms with E-state index in [4.69, 9.17) is 16.6 Å². The van der Waals surface area contributed by atoms with Crippen LogP contribution in [0, 0.1) is 5.82 Å². The van der Waals surface area contributed by atoms with E-state index in [1.807, 2.05) is 28.8 Å². The first-order valence-electron chi connectivity index (χ1n) is 8.44. The fraction of sp³-hybridized carbons (Fsp3) is 0.316. The Bertz CT molecular complexity index is 891. The number of aliphatic hydroxyl groups excluding tert-OH is 1. The van der Waals surface area contributed by atoms with Crippen LogP contribution in [0.1, 0.15) is 18.4 Å². The van der Waals surface area contributed by atoms with Gasteiger partial charge in [0.2, 0.25) is 5.95 Å². The third-order valence-electron chi connectivity index (χ3n) is 4.69. The second-order valence-electron chi connectivity index (χ2n) is 6.43. The fourth-order valence-corrected chi connectivity index (χ4v) is 3.66. The summed E-state index contributed by atoms with van der Waals surface area (Å²) in [6, 6.07) is 12.5. The SMILES string of the molecule is O[C@H]1CCCN(c2nc3ccccc3n2Cc2c(F)cccc2Cl)C1. The van der Waals surface area contributed by atoms with Crippen molar-refractivity contribution in [2.45, 2.75) is 25.5 Å². The van der Waals surface area contributed by atoms with E-state index in [0.717, 1.165) is 36.4 Å². The van der Waals surface area contributed by atoms with E-state index >= 15 is 0 Å². The minimum Gasteiger partial charge on any atom is -0.391 e. The molecule has 130 valence electrons. The highest BCUT2D eigenvalue weighted by atomic mass is 35.5. The Morgan fingerprint density at radius 3 is 2.84 bits per heavy atom. The third-order valence-corrected chi connectivity index (χ3v) is 5.05. The molecule has 1 aromatic heterocycles.